The summed E-state index contributed by atoms with van der Waals surface area (Å²) >= 11 is 0. The average molecular weight is 241 g/mol. The fourth-order valence-electron chi connectivity index (χ4n) is 1.87. The maximum Gasteiger partial charge on any atom is 0.293 e. The van der Waals surface area contributed by atoms with Crippen LogP contribution >= 0.6 is 0 Å². The lowest BCUT2D eigenvalue weighted by molar-refractivity contribution is 0.749. The highest BCUT2D eigenvalue weighted by Crippen LogP contribution is 2.22. The summed E-state index contributed by atoms with van der Waals surface area (Å²) in [5.41, 5.74) is 1.07. The molecule has 2 aromatic rings. The van der Waals surface area contributed by atoms with Crippen LogP contribution in [0.15, 0.2) is 47.5 Å². The molecular weight excluding hydrogens is 226 g/mol. The quantitative estimate of drug-likeness (QED) is 0.888. The van der Waals surface area contributed by atoms with Crippen molar-refractivity contribution in [3.8, 4) is 0 Å². The molecule has 1 saturated carbocycles. The summed E-state index contributed by atoms with van der Waals surface area (Å²) in [7, 11) is 0. The molecule has 1 fully saturated rings. The molecule has 0 aliphatic heterocycles. The molecule has 1 aromatic heterocycles. The summed E-state index contributed by atoms with van der Waals surface area (Å²) < 4.78 is 1.69. The Labute approximate surface area is 105 Å². The van der Waals surface area contributed by atoms with Crippen molar-refractivity contribution in [2.45, 2.75) is 25.4 Å². The smallest absolute Gasteiger partial charge is 0.293 e. The Bertz CT molecular complexity index is 587. The lowest BCUT2D eigenvalue weighted by Gasteiger charge is -2.08. The number of anilines is 1. The highest BCUT2D eigenvalue weighted by Gasteiger charge is 2.22. The molecule has 4 nitrogen and oxygen atoms in total. The second-order valence-electron chi connectivity index (χ2n) is 4.61. The van der Waals surface area contributed by atoms with Gasteiger partial charge < -0.3 is 9.88 Å². The van der Waals surface area contributed by atoms with E-state index in [0.29, 0.717) is 18.4 Å². The van der Waals surface area contributed by atoms with Gasteiger partial charge in [-0.05, 0) is 18.4 Å². The Balaban J connectivity index is 1.85. The molecule has 0 spiro atoms. The van der Waals surface area contributed by atoms with Gasteiger partial charge in [-0.1, -0.05) is 30.3 Å². The maximum absolute atomic E-state index is 12.2. The summed E-state index contributed by atoms with van der Waals surface area (Å²) in [5.74, 6) is 0.468. The van der Waals surface area contributed by atoms with Gasteiger partial charge in [0.15, 0.2) is 5.82 Å². The van der Waals surface area contributed by atoms with Crippen molar-refractivity contribution < 1.29 is 0 Å². The highest BCUT2D eigenvalue weighted by molar-refractivity contribution is 5.34. The molecule has 0 atom stereocenters. The minimum atomic E-state index is -0.0479. The van der Waals surface area contributed by atoms with E-state index in [-0.39, 0.29) is 5.56 Å². The largest absolute Gasteiger partial charge is 0.363 e. The third-order valence-corrected chi connectivity index (χ3v) is 3.03. The van der Waals surface area contributed by atoms with E-state index in [9.17, 15) is 4.79 Å². The zero-order chi connectivity index (χ0) is 12.4. The minimum absolute atomic E-state index is 0.0479. The third-order valence-electron chi connectivity index (χ3n) is 3.03. The molecule has 0 radical (unpaired) electrons. The van der Waals surface area contributed by atoms with Crippen molar-refractivity contribution in [2.75, 3.05) is 5.32 Å². The molecule has 1 aliphatic carbocycles. The van der Waals surface area contributed by atoms with Crippen LogP contribution in [-0.2, 0) is 6.54 Å². The van der Waals surface area contributed by atoms with Crippen LogP contribution in [0.2, 0.25) is 0 Å². The Hall–Kier alpha value is -2.10. The fraction of sp³-hybridized carbons (Fsp3) is 0.286. The highest BCUT2D eigenvalue weighted by atomic mass is 16.1. The zero-order valence-corrected chi connectivity index (χ0v) is 10.0. The number of hydrogen-bond acceptors (Lipinski definition) is 3. The maximum atomic E-state index is 12.2. The normalized spacial score (nSPS) is 14.4. The van der Waals surface area contributed by atoms with Crippen LogP contribution in [0.4, 0.5) is 5.82 Å². The molecule has 1 heterocycles. The van der Waals surface area contributed by atoms with E-state index in [4.69, 9.17) is 0 Å². The van der Waals surface area contributed by atoms with Crippen LogP contribution in [-0.4, -0.2) is 15.6 Å². The molecule has 0 unspecified atom stereocenters. The van der Waals surface area contributed by atoms with Gasteiger partial charge in [0.25, 0.3) is 5.56 Å². The van der Waals surface area contributed by atoms with Crippen LogP contribution in [0.25, 0.3) is 0 Å². The summed E-state index contributed by atoms with van der Waals surface area (Å²) in [6.45, 7) is 0.585. The predicted molar refractivity (Wildman–Crippen MR) is 70.7 cm³/mol. The van der Waals surface area contributed by atoms with Crippen LogP contribution < -0.4 is 10.9 Å². The Morgan fingerprint density at radius 3 is 2.78 bits per heavy atom. The number of nitrogens with zero attached hydrogens (tertiary/aromatic N) is 2. The summed E-state index contributed by atoms with van der Waals surface area (Å²) in [6, 6.07) is 10.4. The van der Waals surface area contributed by atoms with Crippen molar-refractivity contribution in [1.82, 2.24) is 9.55 Å². The van der Waals surface area contributed by atoms with Crippen LogP contribution in [0.5, 0.6) is 0 Å². The van der Waals surface area contributed by atoms with E-state index in [1.54, 1.807) is 17.0 Å². The molecule has 3 rings (SSSR count). The molecule has 1 aliphatic rings. The number of aromatic nitrogens is 2. The molecule has 0 saturated heterocycles. The number of rotatable bonds is 4. The van der Waals surface area contributed by atoms with E-state index < -0.39 is 0 Å². The third kappa shape index (κ3) is 2.42. The van der Waals surface area contributed by atoms with Gasteiger partial charge in [-0.25, -0.2) is 4.98 Å². The van der Waals surface area contributed by atoms with Crippen molar-refractivity contribution >= 4 is 5.82 Å². The van der Waals surface area contributed by atoms with Gasteiger partial charge in [-0.15, -0.1) is 0 Å². The van der Waals surface area contributed by atoms with Gasteiger partial charge in [-0.3, -0.25) is 4.79 Å². The van der Waals surface area contributed by atoms with E-state index in [1.807, 2.05) is 30.3 Å². The molecule has 1 aromatic carbocycles. The van der Waals surface area contributed by atoms with Crippen LogP contribution in [0.1, 0.15) is 18.4 Å². The van der Waals surface area contributed by atoms with Gasteiger partial charge >= 0.3 is 0 Å². The Morgan fingerprint density at radius 2 is 2.06 bits per heavy atom. The molecule has 0 bridgehead atoms. The van der Waals surface area contributed by atoms with Gasteiger partial charge in [-0.2, -0.15) is 0 Å². The standard InChI is InChI=1S/C14H15N3O/c18-14-13(16-12-6-7-12)15-8-9-17(14)10-11-4-2-1-3-5-11/h1-5,8-9,12H,6-7,10H2,(H,15,16). The fourth-order valence-corrected chi connectivity index (χ4v) is 1.87. The molecule has 92 valence electrons. The molecular formula is C14H15N3O. The predicted octanol–water partition coefficient (Wildman–Crippen LogP) is 1.87. The average Bonchev–Trinajstić information content (AvgIpc) is 3.20. The van der Waals surface area contributed by atoms with Crippen molar-refractivity contribution in [3.63, 3.8) is 0 Å². The van der Waals surface area contributed by atoms with Crippen molar-refractivity contribution in [3.05, 3.63) is 58.6 Å². The Kier molecular flexibility index (Phi) is 2.84. The SMILES string of the molecule is O=c1c(NC2CC2)nccn1Cc1ccccc1. The second kappa shape index (κ2) is 4.64. The first-order chi connectivity index (χ1) is 8.83. The minimum Gasteiger partial charge on any atom is -0.363 e. The zero-order valence-electron chi connectivity index (χ0n) is 10.0. The molecule has 0 amide bonds. The van der Waals surface area contributed by atoms with E-state index >= 15 is 0 Å². The van der Waals surface area contributed by atoms with Gasteiger partial charge in [0.05, 0.1) is 6.54 Å². The monoisotopic (exact) mass is 241 g/mol. The number of hydrogen-bond donors (Lipinski definition) is 1. The van der Waals surface area contributed by atoms with Gasteiger partial charge in [0, 0.05) is 18.4 Å². The summed E-state index contributed by atoms with van der Waals surface area (Å²) in [5, 5.41) is 3.17. The lowest BCUT2D eigenvalue weighted by atomic mass is 10.2. The topological polar surface area (TPSA) is 46.9 Å². The van der Waals surface area contributed by atoms with Gasteiger partial charge in [0.1, 0.15) is 0 Å². The summed E-state index contributed by atoms with van der Waals surface area (Å²) in [4.78, 5) is 16.3. The van der Waals surface area contributed by atoms with E-state index in [2.05, 4.69) is 10.3 Å². The first kappa shape index (κ1) is 11.0. The first-order valence-corrected chi connectivity index (χ1v) is 6.19. The molecule has 1 N–H and O–H groups in total. The van der Waals surface area contributed by atoms with E-state index in [1.165, 1.54) is 0 Å². The molecule has 4 heteroatoms. The molecule has 18 heavy (non-hydrogen) atoms. The van der Waals surface area contributed by atoms with Gasteiger partial charge in [0.2, 0.25) is 0 Å². The lowest BCUT2D eigenvalue weighted by Crippen LogP contribution is -2.25. The van der Waals surface area contributed by atoms with Crippen LogP contribution in [0.3, 0.4) is 0 Å². The number of nitrogens with one attached hydrogen (secondary N) is 1. The summed E-state index contributed by atoms with van der Waals surface area (Å²) in [6.07, 6.45) is 5.67. The Morgan fingerprint density at radius 1 is 1.28 bits per heavy atom. The van der Waals surface area contributed by atoms with Crippen LogP contribution in [0, 0.1) is 0 Å². The number of benzene rings is 1. The first-order valence-electron chi connectivity index (χ1n) is 6.19. The van der Waals surface area contributed by atoms with Crippen molar-refractivity contribution in [2.24, 2.45) is 0 Å². The second-order valence-corrected chi connectivity index (χ2v) is 4.61. The van der Waals surface area contributed by atoms with E-state index in [0.717, 1.165) is 18.4 Å². The van der Waals surface area contributed by atoms with Crippen molar-refractivity contribution in [1.29, 1.82) is 0 Å².